The average Bonchev–Trinajstić information content (AvgIpc) is 2.90. The van der Waals surface area contributed by atoms with Crippen LogP contribution in [0.15, 0.2) is 57.9 Å². The molecule has 0 saturated carbocycles. The van der Waals surface area contributed by atoms with Crippen molar-refractivity contribution in [2.75, 3.05) is 5.32 Å². The van der Waals surface area contributed by atoms with Gasteiger partial charge in [0.05, 0.1) is 4.91 Å². The molecule has 1 unspecified atom stereocenters. The van der Waals surface area contributed by atoms with E-state index in [4.69, 9.17) is 23.8 Å². The number of benzene rings is 2. The topological polar surface area (TPSA) is 49.4 Å². The van der Waals surface area contributed by atoms with Crippen LogP contribution in [0, 0.1) is 0 Å². The van der Waals surface area contributed by atoms with Crippen LogP contribution in [0.4, 0.5) is 5.69 Å². The minimum Gasteiger partial charge on any atom is -0.324 e. The van der Waals surface area contributed by atoms with E-state index in [0.29, 0.717) is 19.9 Å². The van der Waals surface area contributed by atoms with Gasteiger partial charge in [0.1, 0.15) is 10.4 Å². The van der Waals surface area contributed by atoms with Gasteiger partial charge in [0.15, 0.2) is 0 Å². The van der Waals surface area contributed by atoms with E-state index in [1.165, 1.54) is 16.7 Å². The number of hydrogen-bond donors (Lipinski definition) is 1. The van der Waals surface area contributed by atoms with Crippen molar-refractivity contribution in [3.05, 3.63) is 68.5 Å². The summed E-state index contributed by atoms with van der Waals surface area (Å²) >= 11 is 15.8. The molecule has 1 atom stereocenters. The zero-order valence-corrected chi connectivity index (χ0v) is 18.1. The van der Waals surface area contributed by atoms with E-state index in [9.17, 15) is 9.59 Å². The Morgan fingerprint density at radius 3 is 2.67 bits per heavy atom. The van der Waals surface area contributed by atoms with E-state index in [-0.39, 0.29) is 11.8 Å². The lowest BCUT2D eigenvalue weighted by Gasteiger charge is -2.22. The molecule has 1 aliphatic heterocycles. The fourth-order valence-electron chi connectivity index (χ4n) is 2.46. The first kappa shape index (κ1) is 20.1. The summed E-state index contributed by atoms with van der Waals surface area (Å²) in [4.78, 5) is 27.2. The summed E-state index contributed by atoms with van der Waals surface area (Å²) in [7, 11) is 0. The van der Waals surface area contributed by atoms with Crippen LogP contribution in [0.2, 0.25) is 5.02 Å². The lowest BCUT2D eigenvalue weighted by atomic mass is 10.2. The number of carbonyl (C=O) groups excluding carboxylic acids is 2. The Kier molecular flexibility index (Phi) is 6.37. The standard InChI is InChI=1S/C19H14BrClN2O2S2/c1-11(17(24)22-15-7-5-14(21)6-8-15)23-18(25)16(27-19(23)26)10-12-3-2-4-13(20)9-12/h2-11H,1H3,(H,22,24)/b16-10-. The summed E-state index contributed by atoms with van der Waals surface area (Å²) < 4.78 is 1.28. The van der Waals surface area contributed by atoms with E-state index >= 15 is 0 Å². The second kappa shape index (κ2) is 8.56. The quantitative estimate of drug-likeness (QED) is 0.474. The SMILES string of the molecule is CC(C(=O)Nc1ccc(Cl)cc1)N1C(=O)/C(=C/c2cccc(Br)c2)SC1=S. The highest BCUT2D eigenvalue weighted by molar-refractivity contribution is 9.10. The summed E-state index contributed by atoms with van der Waals surface area (Å²) in [5, 5.41) is 3.35. The van der Waals surface area contributed by atoms with Crippen molar-refractivity contribution in [3.63, 3.8) is 0 Å². The second-order valence-electron chi connectivity index (χ2n) is 5.78. The predicted octanol–water partition coefficient (Wildman–Crippen LogP) is 5.33. The van der Waals surface area contributed by atoms with Crippen LogP contribution in [0.25, 0.3) is 6.08 Å². The van der Waals surface area contributed by atoms with Gasteiger partial charge in [-0.3, -0.25) is 14.5 Å². The molecule has 0 aromatic heterocycles. The van der Waals surface area contributed by atoms with Crippen molar-refractivity contribution in [1.29, 1.82) is 0 Å². The smallest absolute Gasteiger partial charge is 0.266 e. The van der Waals surface area contributed by atoms with Crippen LogP contribution >= 0.6 is 51.5 Å². The summed E-state index contributed by atoms with van der Waals surface area (Å²) in [6.45, 7) is 1.65. The molecule has 4 nitrogen and oxygen atoms in total. The Bertz CT molecular complexity index is 947. The van der Waals surface area contributed by atoms with Gasteiger partial charge in [0.25, 0.3) is 5.91 Å². The molecule has 2 aromatic rings. The maximum atomic E-state index is 12.8. The maximum absolute atomic E-state index is 12.8. The van der Waals surface area contributed by atoms with Crippen LogP contribution in [-0.2, 0) is 9.59 Å². The number of rotatable bonds is 4. The third kappa shape index (κ3) is 4.79. The van der Waals surface area contributed by atoms with Gasteiger partial charge in [-0.15, -0.1) is 0 Å². The molecule has 1 saturated heterocycles. The van der Waals surface area contributed by atoms with Gasteiger partial charge >= 0.3 is 0 Å². The predicted molar refractivity (Wildman–Crippen MR) is 119 cm³/mol. The molecule has 0 aliphatic carbocycles. The molecule has 27 heavy (non-hydrogen) atoms. The Morgan fingerprint density at radius 2 is 2.00 bits per heavy atom. The number of anilines is 1. The number of hydrogen-bond acceptors (Lipinski definition) is 4. The first-order valence-electron chi connectivity index (χ1n) is 7.94. The number of amides is 2. The first-order chi connectivity index (χ1) is 12.8. The minimum absolute atomic E-state index is 0.274. The third-order valence-corrected chi connectivity index (χ3v) is 5.92. The van der Waals surface area contributed by atoms with E-state index in [1.54, 1.807) is 37.3 Å². The summed E-state index contributed by atoms with van der Waals surface area (Å²) in [5.74, 6) is -0.596. The summed E-state index contributed by atoms with van der Waals surface area (Å²) in [5.41, 5.74) is 1.48. The van der Waals surface area contributed by atoms with Gasteiger partial charge in [0.2, 0.25) is 5.91 Å². The normalized spacial score (nSPS) is 16.7. The number of thioether (sulfide) groups is 1. The molecule has 8 heteroatoms. The van der Waals surface area contributed by atoms with E-state index in [2.05, 4.69) is 21.2 Å². The number of halogens is 2. The van der Waals surface area contributed by atoms with Crippen molar-refractivity contribution in [3.8, 4) is 0 Å². The van der Waals surface area contributed by atoms with Crippen molar-refractivity contribution in [2.45, 2.75) is 13.0 Å². The molecule has 138 valence electrons. The molecule has 1 aliphatic rings. The van der Waals surface area contributed by atoms with Gasteiger partial charge < -0.3 is 5.32 Å². The average molecular weight is 482 g/mol. The monoisotopic (exact) mass is 480 g/mol. The molecule has 2 amide bonds. The fourth-order valence-corrected chi connectivity index (χ4v) is 4.42. The molecule has 2 aromatic carbocycles. The fraction of sp³-hybridized carbons (Fsp3) is 0.105. The second-order valence-corrected chi connectivity index (χ2v) is 8.81. The molecule has 1 fully saturated rings. The van der Waals surface area contributed by atoms with Crippen molar-refractivity contribution in [2.24, 2.45) is 0 Å². The Labute approximate surface area is 180 Å². The van der Waals surface area contributed by atoms with E-state index < -0.39 is 6.04 Å². The molecule has 0 bridgehead atoms. The molecular formula is C19H14BrClN2O2S2. The van der Waals surface area contributed by atoms with Crippen LogP contribution in [0.5, 0.6) is 0 Å². The van der Waals surface area contributed by atoms with Gasteiger partial charge in [-0.25, -0.2) is 0 Å². The van der Waals surface area contributed by atoms with Gasteiger partial charge in [-0.05, 0) is 55.0 Å². The highest BCUT2D eigenvalue weighted by atomic mass is 79.9. The Balaban J connectivity index is 1.75. The van der Waals surface area contributed by atoms with Gasteiger partial charge in [-0.2, -0.15) is 0 Å². The Hall–Kier alpha value is -1.67. The zero-order valence-electron chi connectivity index (χ0n) is 14.1. The number of nitrogens with one attached hydrogen (secondary N) is 1. The molecule has 3 rings (SSSR count). The van der Waals surface area contributed by atoms with E-state index in [0.717, 1.165) is 10.0 Å². The van der Waals surface area contributed by atoms with E-state index in [1.807, 2.05) is 24.3 Å². The van der Waals surface area contributed by atoms with Crippen LogP contribution in [0.3, 0.4) is 0 Å². The highest BCUT2D eigenvalue weighted by Crippen LogP contribution is 2.34. The number of nitrogens with zero attached hydrogens (tertiary/aromatic N) is 1. The summed E-state index contributed by atoms with van der Waals surface area (Å²) in [6, 6.07) is 13.6. The van der Waals surface area contributed by atoms with Gasteiger partial charge in [-0.1, -0.05) is 63.6 Å². The van der Waals surface area contributed by atoms with Crippen molar-refractivity contribution >= 4 is 79.4 Å². The number of carbonyl (C=O) groups is 2. The lowest BCUT2D eigenvalue weighted by Crippen LogP contribution is -2.44. The largest absolute Gasteiger partial charge is 0.324 e. The minimum atomic E-state index is -0.735. The molecule has 1 heterocycles. The Morgan fingerprint density at radius 1 is 1.30 bits per heavy atom. The van der Waals surface area contributed by atoms with Crippen LogP contribution in [0.1, 0.15) is 12.5 Å². The molecule has 1 N–H and O–H groups in total. The van der Waals surface area contributed by atoms with Crippen molar-refractivity contribution < 1.29 is 9.59 Å². The third-order valence-electron chi connectivity index (χ3n) is 3.85. The number of thiocarbonyl (C=S) groups is 1. The summed E-state index contributed by atoms with van der Waals surface area (Å²) in [6.07, 6.45) is 1.77. The molecule has 0 radical (unpaired) electrons. The molecular weight excluding hydrogens is 468 g/mol. The van der Waals surface area contributed by atoms with Crippen molar-refractivity contribution in [1.82, 2.24) is 4.90 Å². The van der Waals surface area contributed by atoms with Crippen LogP contribution in [-0.4, -0.2) is 27.1 Å². The first-order valence-corrected chi connectivity index (χ1v) is 10.3. The molecule has 0 spiro atoms. The lowest BCUT2D eigenvalue weighted by molar-refractivity contribution is -0.129. The van der Waals surface area contributed by atoms with Crippen LogP contribution < -0.4 is 5.32 Å². The maximum Gasteiger partial charge on any atom is 0.266 e. The zero-order chi connectivity index (χ0) is 19.6. The van der Waals surface area contributed by atoms with Gasteiger partial charge in [0, 0.05) is 15.2 Å². The highest BCUT2D eigenvalue weighted by Gasteiger charge is 2.38.